The highest BCUT2D eigenvalue weighted by molar-refractivity contribution is 14.1. The molecule has 1 atom stereocenters. The van der Waals surface area contributed by atoms with Gasteiger partial charge >= 0.3 is 0 Å². The molecule has 0 spiro atoms. The van der Waals surface area contributed by atoms with Crippen LogP contribution in [0.2, 0.25) is 0 Å². The van der Waals surface area contributed by atoms with Crippen LogP contribution in [0.15, 0.2) is 358 Å². The lowest BCUT2D eigenvalue weighted by Gasteiger charge is -2.31. The van der Waals surface area contributed by atoms with Crippen molar-refractivity contribution in [3.8, 4) is 125 Å². The molecule has 0 aromatic heterocycles. The maximum atomic E-state index is 11.0. The van der Waals surface area contributed by atoms with E-state index >= 15 is 0 Å². The van der Waals surface area contributed by atoms with Crippen molar-refractivity contribution in [1.82, 2.24) is 0 Å². The summed E-state index contributed by atoms with van der Waals surface area (Å²) in [5.41, 5.74) is 20.8. The van der Waals surface area contributed by atoms with Crippen LogP contribution in [0, 0.1) is 35.1 Å². The molecule has 0 aliphatic carbocycles. The minimum atomic E-state index is -0.448. The van der Waals surface area contributed by atoms with E-state index in [2.05, 4.69) is 139 Å². The molecule has 0 saturated carbocycles. The van der Waals surface area contributed by atoms with Gasteiger partial charge in [-0.1, -0.05) is 170 Å². The number of fused-ring (bicyclic) bond motifs is 6. The molecule has 17 heteroatoms. The Bertz CT molecular complexity index is 6570. The van der Waals surface area contributed by atoms with Gasteiger partial charge in [-0.15, -0.1) is 0 Å². The van der Waals surface area contributed by atoms with Gasteiger partial charge in [0.25, 0.3) is 0 Å². The van der Waals surface area contributed by atoms with Crippen molar-refractivity contribution in [2.75, 3.05) is 0 Å². The summed E-state index contributed by atoms with van der Waals surface area (Å²) in [5.74, 6) is 2.96. The molecule has 0 saturated heterocycles. The molecule has 18 aromatic carbocycles. The van der Waals surface area contributed by atoms with E-state index in [4.69, 9.17) is 4.74 Å². The molecule has 1 aliphatic rings. The second-order valence-corrected chi connectivity index (χ2v) is 36.6. The number of halogens is 4. The number of hydrogen-bond donors (Lipinski definition) is 12. The first kappa shape index (κ1) is 88.2. The Morgan fingerprint density at radius 2 is 0.492 bits per heavy atom. The molecule has 0 radical (unpaired) electrons. The average Bonchev–Trinajstić information content (AvgIpc) is 0.727. The lowest BCUT2D eigenvalue weighted by molar-refractivity contribution is 0.455. The van der Waals surface area contributed by atoms with Crippen LogP contribution in [0.1, 0.15) is 107 Å². The molecule has 634 valence electrons. The average molecular weight is 2130 g/mol. The Balaban J connectivity index is 0.000000126. The van der Waals surface area contributed by atoms with Crippen LogP contribution in [0.25, 0.3) is 66.1 Å². The number of benzene rings is 18. The van der Waals surface area contributed by atoms with Crippen molar-refractivity contribution in [1.29, 1.82) is 0 Å². The maximum Gasteiger partial charge on any atom is 0.132 e. The van der Waals surface area contributed by atoms with Crippen LogP contribution >= 0.6 is 90.4 Å². The number of ether oxygens (including phenoxy) is 1. The smallest absolute Gasteiger partial charge is 0.132 e. The second-order valence-electron chi connectivity index (χ2n) is 31.6. The lowest BCUT2D eigenvalue weighted by atomic mass is 9.78. The SMILES string of the molecule is Cc1cc(C(c2ccc(I)cc2)c2cc(C)c(O)c(C)c2)ccc1O.Oc1ccc(-c2ccc(O)c(C(c3ccc(I)cc3)c3cc(-c4ccc(O)cc4)ccc3O)c2)cc1.Oc1ccc(-c2ccc(O)c(C(c3ccc(I)cc3)c3cc(-c4ccc(O)cc4)ccc3O)c2)cc1.Oc1ccc2ccc3c(c2c1)C(c1ccc(I)cc1)c1c(ccc2ccc(O)cc12)O3. The number of rotatable bonds is 14. The van der Waals surface area contributed by atoms with Crippen LogP contribution in [0.4, 0.5) is 0 Å². The van der Waals surface area contributed by atoms with Gasteiger partial charge in [0, 0.05) is 71.3 Å². The summed E-state index contributed by atoms with van der Waals surface area (Å²) >= 11 is 9.13. The van der Waals surface area contributed by atoms with Gasteiger partial charge in [0.05, 0.1) is 0 Å². The fraction of sp³-hybridized carbons (Fsp3) is 0.0631. The third kappa shape index (κ3) is 19.7. The zero-order valence-electron chi connectivity index (χ0n) is 69.2. The first-order chi connectivity index (χ1) is 61.7. The van der Waals surface area contributed by atoms with Crippen LogP contribution in [-0.4, -0.2) is 61.3 Å². The van der Waals surface area contributed by atoms with Crippen LogP contribution < -0.4 is 4.74 Å². The number of hydrogen-bond acceptors (Lipinski definition) is 13. The zero-order chi connectivity index (χ0) is 89.7. The second kappa shape index (κ2) is 38.6. The third-order valence-corrected chi connectivity index (χ3v) is 26.1. The minimum absolute atomic E-state index is 0.0503. The molecule has 1 unspecified atom stereocenters. The Hall–Kier alpha value is -13.2. The Kier molecular flexibility index (Phi) is 26.6. The number of aromatic hydroxyl groups is 12. The van der Waals surface area contributed by atoms with Gasteiger partial charge in [0.1, 0.15) is 80.5 Å². The normalized spacial score (nSPS) is 11.8. The summed E-state index contributed by atoms with van der Waals surface area (Å²) in [6.45, 7) is 5.77. The van der Waals surface area contributed by atoms with E-state index < -0.39 is 11.8 Å². The number of phenolic OH excluding ortho intramolecular Hbond substituents is 12. The molecule has 19 rings (SSSR count). The third-order valence-electron chi connectivity index (χ3n) is 23.2. The molecular formula is C111H84I4O13. The van der Waals surface area contributed by atoms with E-state index in [0.29, 0.717) is 33.8 Å². The molecule has 0 fully saturated rings. The first-order valence-electron chi connectivity index (χ1n) is 41.0. The van der Waals surface area contributed by atoms with Gasteiger partial charge in [0.2, 0.25) is 0 Å². The molecule has 12 N–H and O–H groups in total. The molecule has 1 heterocycles. The van der Waals surface area contributed by atoms with E-state index in [1.165, 1.54) is 12.7 Å². The van der Waals surface area contributed by atoms with E-state index in [1.807, 2.05) is 239 Å². The van der Waals surface area contributed by atoms with Gasteiger partial charge in [0.15, 0.2) is 0 Å². The van der Waals surface area contributed by atoms with Crippen molar-refractivity contribution in [2.24, 2.45) is 0 Å². The Morgan fingerprint density at radius 1 is 0.227 bits per heavy atom. The Morgan fingerprint density at radius 3 is 0.812 bits per heavy atom. The summed E-state index contributed by atoms with van der Waals surface area (Å²) in [6.07, 6.45) is 0. The van der Waals surface area contributed by atoms with Crippen molar-refractivity contribution in [2.45, 2.75) is 44.4 Å². The molecular weight excluding hydrogens is 2050 g/mol. The highest BCUT2D eigenvalue weighted by atomic mass is 127. The van der Waals surface area contributed by atoms with Gasteiger partial charge in [-0.05, 0) is 415 Å². The summed E-state index contributed by atoms with van der Waals surface area (Å²) in [6, 6.07) is 111. The summed E-state index contributed by atoms with van der Waals surface area (Å²) in [4.78, 5) is 0. The summed E-state index contributed by atoms with van der Waals surface area (Å²) in [7, 11) is 0. The van der Waals surface area contributed by atoms with Crippen molar-refractivity contribution < 1.29 is 66.0 Å². The topological polar surface area (TPSA) is 252 Å². The van der Waals surface area contributed by atoms with Gasteiger partial charge in [-0.25, -0.2) is 0 Å². The fourth-order valence-corrected chi connectivity index (χ4v) is 18.2. The zero-order valence-corrected chi connectivity index (χ0v) is 77.8. The van der Waals surface area contributed by atoms with E-state index in [-0.39, 0.29) is 69.3 Å². The van der Waals surface area contributed by atoms with Crippen molar-refractivity contribution in [3.63, 3.8) is 0 Å². The predicted molar refractivity (Wildman–Crippen MR) is 543 cm³/mol. The fourth-order valence-electron chi connectivity index (χ4n) is 16.7. The van der Waals surface area contributed by atoms with E-state index in [1.54, 1.807) is 91.0 Å². The quantitative estimate of drug-likeness (QED) is 0.0358. The standard InChI is InChI=1S/2C31H23IO4.C27H17IO3.C22H21IO2/c2*32-24-9-1-21(2-10-24)31(27-17-22(7-15-29(27)35)19-3-11-25(33)12-4-19)28-18-23(8-16-30(28)36)20-5-13-26(34)14-6-20;28-18-7-1-17(2-8-18)25-26-21-13-19(29)9-3-15(21)5-11-23(26)31-24-12-6-16-4-10-20(30)14-22(16)27(24)25;1-13-10-17(6-9-20(13)24)21(16-4-7-19(23)8-5-16)18-11-14(2)22(25)15(3)12-18/h2*1-18,31,33-36H;1-14,25,29-30H;4-12,21,24-25H,1-3H3. The minimum Gasteiger partial charge on any atom is -0.508 e. The Labute approximate surface area is 795 Å². The molecule has 128 heavy (non-hydrogen) atoms. The van der Waals surface area contributed by atoms with E-state index in [0.717, 1.165) is 140 Å². The van der Waals surface area contributed by atoms with Crippen LogP contribution in [-0.2, 0) is 0 Å². The van der Waals surface area contributed by atoms with Gasteiger partial charge in [-0.3, -0.25) is 0 Å². The van der Waals surface area contributed by atoms with Crippen LogP contribution in [0.3, 0.4) is 0 Å². The lowest BCUT2D eigenvalue weighted by Crippen LogP contribution is -2.13. The number of phenols is 12. The monoisotopic (exact) mass is 2130 g/mol. The first-order valence-corrected chi connectivity index (χ1v) is 45.3. The maximum absolute atomic E-state index is 11.0. The highest BCUT2D eigenvalue weighted by Crippen LogP contribution is 2.54. The molecule has 18 aromatic rings. The van der Waals surface area contributed by atoms with Crippen molar-refractivity contribution in [3.05, 3.63) is 456 Å². The molecule has 0 bridgehead atoms. The largest absolute Gasteiger partial charge is 0.508 e. The number of aryl methyl sites for hydroxylation is 3. The molecule has 0 amide bonds. The van der Waals surface area contributed by atoms with E-state index in [9.17, 15) is 61.3 Å². The summed E-state index contributed by atoms with van der Waals surface area (Å²) < 4.78 is 10.9. The molecule has 13 nitrogen and oxygen atoms in total. The summed E-state index contributed by atoms with van der Waals surface area (Å²) in [5, 5.41) is 127. The molecule has 1 aliphatic heterocycles. The van der Waals surface area contributed by atoms with Crippen LogP contribution in [0.5, 0.6) is 80.5 Å². The predicted octanol–water partition coefficient (Wildman–Crippen LogP) is 28.4. The van der Waals surface area contributed by atoms with Gasteiger partial charge in [-0.2, -0.15) is 0 Å². The van der Waals surface area contributed by atoms with Gasteiger partial charge < -0.3 is 66.0 Å². The highest BCUT2D eigenvalue weighted by Gasteiger charge is 2.34. The van der Waals surface area contributed by atoms with Crippen molar-refractivity contribution >= 4 is 112 Å².